The fourth-order valence-corrected chi connectivity index (χ4v) is 0.396. The van der Waals surface area contributed by atoms with Crippen LogP contribution in [0.25, 0.3) is 0 Å². The van der Waals surface area contributed by atoms with E-state index in [0.717, 1.165) is 12.1 Å². The molecule has 1 aromatic heterocycles. The summed E-state index contributed by atoms with van der Waals surface area (Å²) in [5.74, 6) is 0. The molecule has 3 nitrogen and oxygen atoms in total. The van der Waals surface area contributed by atoms with Crippen molar-refractivity contribution in [2.75, 3.05) is 0 Å². The average molecular weight is 127 g/mol. The molecule has 1 rings (SSSR count). The summed E-state index contributed by atoms with van der Waals surface area (Å²) in [6.45, 7) is 6.04. The van der Waals surface area contributed by atoms with Gasteiger partial charge in [0, 0.05) is 0 Å². The van der Waals surface area contributed by atoms with Crippen molar-refractivity contribution in [3.63, 3.8) is 0 Å². The van der Waals surface area contributed by atoms with E-state index < -0.39 is 0 Å². The first-order chi connectivity index (χ1) is 4.43. The van der Waals surface area contributed by atoms with Crippen LogP contribution in [0.5, 0.6) is 0 Å². The van der Waals surface area contributed by atoms with Gasteiger partial charge in [-0.1, -0.05) is 20.8 Å². The zero-order valence-corrected chi connectivity index (χ0v) is 6.18. The maximum Gasteiger partial charge on any atom is 0.0821 e. The second-order valence-corrected chi connectivity index (χ2v) is 1.31. The summed E-state index contributed by atoms with van der Waals surface area (Å²) >= 11 is 0. The predicted octanol–water partition coefficient (Wildman–Crippen LogP) is 1.39. The van der Waals surface area contributed by atoms with Crippen molar-refractivity contribution in [2.24, 2.45) is 0 Å². The van der Waals surface area contributed by atoms with Crippen molar-refractivity contribution in [1.29, 1.82) is 0 Å². The van der Waals surface area contributed by atoms with Crippen LogP contribution < -0.4 is 0 Å². The molecule has 1 aromatic rings. The van der Waals surface area contributed by atoms with Crippen LogP contribution in [0.3, 0.4) is 0 Å². The van der Waals surface area contributed by atoms with E-state index in [0.29, 0.717) is 0 Å². The van der Waals surface area contributed by atoms with Crippen molar-refractivity contribution >= 4 is 0 Å². The maximum atomic E-state index is 3.80. The second-order valence-electron chi connectivity index (χ2n) is 1.31. The molecule has 0 aromatic carbocycles. The van der Waals surface area contributed by atoms with E-state index in [1.807, 2.05) is 20.8 Å². The molecule has 0 saturated carbocycles. The van der Waals surface area contributed by atoms with Crippen LogP contribution in [0.1, 0.15) is 26.5 Å². The van der Waals surface area contributed by atoms with Gasteiger partial charge in [0.2, 0.25) is 0 Å². The molecule has 1 N–H and O–H groups in total. The summed E-state index contributed by atoms with van der Waals surface area (Å²) < 4.78 is 0. The summed E-state index contributed by atoms with van der Waals surface area (Å²) in [5, 5.41) is 9.94. The van der Waals surface area contributed by atoms with Crippen LogP contribution in [0.15, 0.2) is 6.20 Å². The minimum Gasteiger partial charge on any atom is -0.198 e. The lowest BCUT2D eigenvalue weighted by atomic mass is 10.4. The highest BCUT2D eigenvalue weighted by molar-refractivity contribution is 4.87. The van der Waals surface area contributed by atoms with Gasteiger partial charge in [0.1, 0.15) is 0 Å². The molecule has 0 saturated heterocycles. The van der Waals surface area contributed by atoms with E-state index in [-0.39, 0.29) is 0 Å². The molecule has 0 atom stereocenters. The number of aromatic amines is 1. The number of nitrogens with zero attached hydrogens (tertiary/aromatic N) is 2. The highest BCUT2D eigenvalue weighted by Gasteiger charge is 1.85. The highest BCUT2D eigenvalue weighted by Crippen LogP contribution is 1.85. The van der Waals surface area contributed by atoms with Gasteiger partial charge in [0.15, 0.2) is 0 Å². The minimum atomic E-state index is 0.955. The zero-order chi connectivity index (χ0) is 7.11. The zero-order valence-electron chi connectivity index (χ0n) is 6.18. The molecule has 0 aliphatic heterocycles. The maximum absolute atomic E-state index is 3.80. The quantitative estimate of drug-likeness (QED) is 0.619. The average Bonchev–Trinajstić information content (AvgIpc) is 2.43. The van der Waals surface area contributed by atoms with Crippen LogP contribution in [0, 0.1) is 0 Å². The number of H-pyrrole nitrogens is 1. The van der Waals surface area contributed by atoms with Crippen molar-refractivity contribution in [3.05, 3.63) is 11.9 Å². The molecule has 3 heteroatoms. The predicted molar refractivity (Wildman–Crippen MR) is 37.1 cm³/mol. The molecule has 1 heterocycles. The normalized spacial score (nSPS) is 7.89. The Kier molecular flexibility index (Phi) is 4.78. The van der Waals surface area contributed by atoms with Gasteiger partial charge in [-0.05, 0) is 6.42 Å². The van der Waals surface area contributed by atoms with Crippen LogP contribution in [0.4, 0.5) is 0 Å². The van der Waals surface area contributed by atoms with Gasteiger partial charge in [0.25, 0.3) is 0 Å². The lowest BCUT2D eigenvalue weighted by Crippen LogP contribution is -1.76. The van der Waals surface area contributed by atoms with Crippen LogP contribution in [-0.4, -0.2) is 15.4 Å². The largest absolute Gasteiger partial charge is 0.198 e. The van der Waals surface area contributed by atoms with E-state index >= 15 is 0 Å². The molecule has 9 heavy (non-hydrogen) atoms. The highest BCUT2D eigenvalue weighted by atomic mass is 15.3. The molecule has 0 fully saturated rings. The van der Waals surface area contributed by atoms with Crippen molar-refractivity contribution < 1.29 is 0 Å². The van der Waals surface area contributed by atoms with E-state index in [4.69, 9.17) is 0 Å². The molecule has 52 valence electrons. The van der Waals surface area contributed by atoms with E-state index in [1.54, 1.807) is 6.20 Å². The SMILES string of the molecule is CC.CCc1cn[nH]n1. The summed E-state index contributed by atoms with van der Waals surface area (Å²) in [7, 11) is 0. The smallest absolute Gasteiger partial charge is 0.0821 e. The van der Waals surface area contributed by atoms with Crippen LogP contribution in [0.2, 0.25) is 0 Å². The Hall–Kier alpha value is -0.860. The Morgan fingerprint density at radius 1 is 1.56 bits per heavy atom. The topological polar surface area (TPSA) is 41.6 Å². The van der Waals surface area contributed by atoms with E-state index in [9.17, 15) is 0 Å². The van der Waals surface area contributed by atoms with Crippen molar-refractivity contribution in [2.45, 2.75) is 27.2 Å². The summed E-state index contributed by atoms with van der Waals surface area (Å²) in [6.07, 6.45) is 2.68. The Labute approximate surface area is 55.5 Å². The van der Waals surface area contributed by atoms with Gasteiger partial charge in [0.05, 0.1) is 11.9 Å². The number of rotatable bonds is 1. The number of hydrogen-bond acceptors (Lipinski definition) is 2. The molecule has 0 bridgehead atoms. The first kappa shape index (κ1) is 8.14. The van der Waals surface area contributed by atoms with Gasteiger partial charge >= 0.3 is 0 Å². The van der Waals surface area contributed by atoms with Crippen molar-refractivity contribution in [3.8, 4) is 0 Å². The monoisotopic (exact) mass is 127 g/mol. The van der Waals surface area contributed by atoms with E-state index in [1.165, 1.54) is 0 Å². The molecule has 0 aliphatic carbocycles. The number of nitrogens with one attached hydrogen (secondary N) is 1. The Balaban J connectivity index is 0.000000291. The van der Waals surface area contributed by atoms with Crippen LogP contribution >= 0.6 is 0 Å². The van der Waals surface area contributed by atoms with Gasteiger partial charge in [-0.2, -0.15) is 15.4 Å². The Morgan fingerprint density at radius 2 is 2.22 bits per heavy atom. The molecule has 0 spiro atoms. The first-order valence-electron chi connectivity index (χ1n) is 3.28. The van der Waals surface area contributed by atoms with Gasteiger partial charge in [-0.15, -0.1) is 0 Å². The van der Waals surface area contributed by atoms with Crippen LogP contribution in [-0.2, 0) is 6.42 Å². The third-order valence-corrected chi connectivity index (χ3v) is 0.827. The molecule has 0 radical (unpaired) electrons. The third-order valence-electron chi connectivity index (χ3n) is 0.827. The summed E-state index contributed by atoms with van der Waals surface area (Å²) in [6, 6.07) is 0. The number of hydrogen-bond donors (Lipinski definition) is 1. The molecular formula is C6H13N3. The summed E-state index contributed by atoms with van der Waals surface area (Å²) in [5.41, 5.74) is 1.01. The van der Waals surface area contributed by atoms with Gasteiger partial charge in [-0.3, -0.25) is 0 Å². The standard InChI is InChI=1S/C4H7N3.C2H6/c1-2-4-3-5-7-6-4;1-2/h3H,2H2,1H3,(H,5,6,7);1-2H3. The molecule has 0 unspecified atom stereocenters. The fourth-order valence-electron chi connectivity index (χ4n) is 0.396. The first-order valence-corrected chi connectivity index (χ1v) is 3.28. The van der Waals surface area contributed by atoms with Gasteiger partial charge in [-0.25, -0.2) is 0 Å². The molecule has 0 amide bonds. The van der Waals surface area contributed by atoms with Crippen molar-refractivity contribution in [1.82, 2.24) is 15.4 Å². The van der Waals surface area contributed by atoms with E-state index in [2.05, 4.69) is 15.4 Å². The molecule has 0 aliphatic rings. The minimum absolute atomic E-state index is 0.955. The van der Waals surface area contributed by atoms with Gasteiger partial charge < -0.3 is 0 Å². The lowest BCUT2D eigenvalue weighted by Gasteiger charge is -1.74. The molecular weight excluding hydrogens is 114 g/mol. The second kappa shape index (κ2) is 5.28. The number of aromatic nitrogens is 3. The Morgan fingerprint density at radius 3 is 2.44 bits per heavy atom. The Bertz CT molecular complexity index is 123. The fraction of sp³-hybridized carbons (Fsp3) is 0.667. The third kappa shape index (κ3) is 2.85. The number of aryl methyl sites for hydroxylation is 1. The lowest BCUT2D eigenvalue weighted by molar-refractivity contribution is 0.908. The summed E-state index contributed by atoms with van der Waals surface area (Å²) in [4.78, 5) is 0.